The van der Waals surface area contributed by atoms with Crippen molar-refractivity contribution >= 4 is 55.6 Å². The number of thiazole rings is 1. The lowest BCUT2D eigenvalue weighted by atomic mass is 10.2. The van der Waals surface area contributed by atoms with Crippen molar-refractivity contribution in [3.8, 4) is 23.4 Å². The zero-order valence-corrected chi connectivity index (χ0v) is 20.7. The molecule has 0 radical (unpaired) electrons. The Morgan fingerprint density at radius 3 is 2.29 bits per heavy atom. The monoisotopic (exact) mass is 533 g/mol. The molecule has 1 heterocycles. The Balaban J connectivity index is 1.73. The molecule has 0 aliphatic heterocycles. The Kier molecular flexibility index (Phi) is 8.61. The Labute approximate surface area is 211 Å². The number of anilines is 1. The summed E-state index contributed by atoms with van der Waals surface area (Å²) >= 11 is 13.4. The van der Waals surface area contributed by atoms with Gasteiger partial charge in [0.15, 0.2) is 5.13 Å². The summed E-state index contributed by atoms with van der Waals surface area (Å²) in [5.74, 6) is -0.460. The molecule has 0 spiro atoms. The smallest absolute Gasteiger partial charge is 0.257 e. The number of nitrogens with one attached hydrogen (secondary N) is 1. The molecule has 0 unspecified atom stereocenters. The number of benzene rings is 2. The van der Waals surface area contributed by atoms with Crippen LogP contribution in [0.25, 0.3) is 11.3 Å². The second kappa shape index (κ2) is 11.4. The van der Waals surface area contributed by atoms with Crippen molar-refractivity contribution in [2.75, 3.05) is 18.4 Å². The molecule has 0 saturated carbocycles. The van der Waals surface area contributed by atoms with E-state index in [1.54, 1.807) is 23.6 Å². The number of halogens is 2. The van der Waals surface area contributed by atoms with Gasteiger partial charge in [0.2, 0.25) is 10.0 Å². The fraction of sp³-hybridized carbons (Fsp3) is 0.182. The third-order valence-electron chi connectivity index (χ3n) is 4.63. The Morgan fingerprint density at radius 2 is 1.71 bits per heavy atom. The maximum absolute atomic E-state index is 12.9. The normalized spacial score (nSPS) is 11.1. The SMILES string of the molecule is N#CCCN(CCC#N)S(=O)(=O)c1ccc(C(=O)Nc2nc(-c3ccc(Cl)cc3Cl)cs2)cc1. The third-order valence-corrected chi connectivity index (χ3v) is 7.85. The van der Waals surface area contributed by atoms with Crippen LogP contribution in [-0.2, 0) is 10.0 Å². The maximum atomic E-state index is 12.9. The van der Waals surface area contributed by atoms with Gasteiger partial charge in [0.1, 0.15) is 0 Å². The van der Waals surface area contributed by atoms with Crippen LogP contribution in [0.3, 0.4) is 0 Å². The highest BCUT2D eigenvalue weighted by atomic mass is 35.5. The predicted molar refractivity (Wildman–Crippen MR) is 131 cm³/mol. The number of rotatable bonds is 9. The van der Waals surface area contributed by atoms with Crippen molar-refractivity contribution in [1.29, 1.82) is 10.5 Å². The Hall–Kier alpha value is -2.99. The molecular weight excluding hydrogens is 517 g/mol. The number of hydrogen-bond acceptors (Lipinski definition) is 7. The molecule has 0 aliphatic carbocycles. The molecule has 0 bridgehead atoms. The van der Waals surface area contributed by atoms with E-state index in [1.165, 1.54) is 35.6 Å². The van der Waals surface area contributed by atoms with Crippen LogP contribution in [0.15, 0.2) is 52.7 Å². The first-order chi connectivity index (χ1) is 16.3. The fourth-order valence-corrected chi connectivity index (χ4v) is 5.60. The quantitative estimate of drug-likeness (QED) is 0.403. The third kappa shape index (κ3) is 6.11. The van der Waals surface area contributed by atoms with Crippen LogP contribution in [0.5, 0.6) is 0 Å². The van der Waals surface area contributed by atoms with E-state index in [4.69, 9.17) is 33.7 Å². The number of hydrogen-bond donors (Lipinski definition) is 1. The maximum Gasteiger partial charge on any atom is 0.257 e. The zero-order chi connectivity index (χ0) is 24.7. The number of amides is 1. The molecule has 1 aromatic heterocycles. The van der Waals surface area contributed by atoms with Gasteiger partial charge in [-0.2, -0.15) is 14.8 Å². The standard InChI is InChI=1S/C22H17Cl2N5O3S2/c23-16-5-8-18(19(24)13-16)20-14-33-22(27-20)28-21(30)15-3-6-17(7-4-15)34(31,32)29(11-1-9-25)12-2-10-26/h3-8,13-14H,1-2,11-12H2,(H,27,28,30). The summed E-state index contributed by atoms with van der Waals surface area (Å²) in [5.41, 5.74) is 1.49. The summed E-state index contributed by atoms with van der Waals surface area (Å²) in [7, 11) is -3.91. The summed E-state index contributed by atoms with van der Waals surface area (Å²) in [6, 6.07) is 14.2. The molecule has 0 saturated heterocycles. The molecule has 3 aromatic rings. The van der Waals surface area contributed by atoms with Crippen LogP contribution in [0.1, 0.15) is 23.2 Å². The van der Waals surface area contributed by atoms with E-state index in [1.807, 2.05) is 12.1 Å². The van der Waals surface area contributed by atoms with Crippen LogP contribution in [0.4, 0.5) is 5.13 Å². The van der Waals surface area contributed by atoms with Crippen molar-refractivity contribution < 1.29 is 13.2 Å². The minimum Gasteiger partial charge on any atom is -0.298 e. The lowest BCUT2D eigenvalue weighted by molar-refractivity contribution is 0.102. The molecule has 34 heavy (non-hydrogen) atoms. The largest absolute Gasteiger partial charge is 0.298 e. The van der Waals surface area contributed by atoms with E-state index in [2.05, 4.69) is 10.3 Å². The van der Waals surface area contributed by atoms with Gasteiger partial charge in [-0.3, -0.25) is 10.1 Å². The van der Waals surface area contributed by atoms with Crippen LogP contribution >= 0.6 is 34.5 Å². The number of carbonyl (C=O) groups is 1. The number of nitriles is 2. The van der Waals surface area contributed by atoms with Gasteiger partial charge in [0.25, 0.3) is 5.91 Å². The van der Waals surface area contributed by atoms with Gasteiger partial charge >= 0.3 is 0 Å². The molecule has 1 N–H and O–H groups in total. The van der Waals surface area contributed by atoms with Gasteiger partial charge in [0, 0.05) is 47.5 Å². The van der Waals surface area contributed by atoms with Crippen molar-refractivity contribution in [2.45, 2.75) is 17.7 Å². The van der Waals surface area contributed by atoms with Crippen molar-refractivity contribution in [2.24, 2.45) is 0 Å². The van der Waals surface area contributed by atoms with E-state index in [-0.39, 0.29) is 36.4 Å². The highest BCUT2D eigenvalue weighted by Crippen LogP contribution is 2.32. The fourth-order valence-electron chi connectivity index (χ4n) is 2.95. The number of nitrogens with zero attached hydrogens (tertiary/aromatic N) is 4. The summed E-state index contributed by atoms with van der Waals surface area (Å²) in [5, 5.41) is 23.3. The molecule has 0 aliphatic rings. The molecule has 174 valence electrons. The predicted octanol–water partition coefficient (Wildman–Crippen LogP) is 5.19. The van der Waals surface area contributed by atoms with Crippen molar-refractivity contribution in [3.05, 3.63) is 63.5 Å². The van der Waals surface area contributed by atoms with Crippen LogP contribution in [0, 0.1) is 22.7 Å². The second-order valence-electron chi connectivity index (χ2n) is 6.86. The summed E-state index contributed by atoms with van der Waals surface area (Å²) in [4.78, 5) is 17.0. The highest BCUT2D eigenvalue weighted by Gasteiger charge is 2.24. The van der Waals surface area contributed by atoms with E-state index < -0.39 is 15.9 Å². The molecule has 12 heteroatoms. The zero-order valence-electron chi connectivity index (χ0n) is 17.5. The first-order valence-electron chi connectivity index (χ1n) is 9.82. The van der Waals surface area contributed by atoms with E-state index >= 15 is 0 Å². The van der Waals surface area contributed by atoms with Gasteiger partial charge in [0.05, 0.1) is 27.8 Å². The summed E-state index contributed by atoms with van der Waals surface area (Å²) in [6.07, 6.45) is 0.00433. The molecule has 1 amide bonds. The molecule has 0 atom stereocenters. The minimum absolute atomic E-state index is 0.00217. The first-order valence-corrected chi connectivity index (χ1v) is 12.9. The van der Waals surface area contributed by atoms with Gasteiger partial charge < -0.3 is 0 Å². The highest BCUT2D eigenvalue weighted by molar-refractivity contribution is 7.89. The number of sulfonamides is 1. The molecular formula is C22H17Cl2N5O3S2. The lowest BCUT2D eigenvalue weighted by Gasteiger charge is -2.20. The lowest BCUT2D eigenvalue weighted by Crippen LogP contribution is -2.32. The average molecular weight is 534 g/mol. The summed E-state index contributed by atoms with van der Waals surface area (Å²) in [6.45, 7) is -0.0421. The van der Waals surface area contributed by atoms with Crippen molar-refractivity contribution in [1.82, 2.24) is 9.29 Å². The van der Waals surface area contributed by atoms with Crippen molar-refractivity contribution in [3.63, 3.8) is 0 Å². The van der Waals surface area contributed by atoms with Crippen LogP contribution in [-0.4, -0.2) is 36.7 Å². The number of aromatic nitrogens is 1. The summed E-state index contributed by atoms with van der Waals surface area (Å²) < 4.78 is 26.9. The molecule has 2 aromatic carbocycles. The Morgan fingerprint density at radius 1 is 1.06 bits per heavy atom. The first kappa shape index (κ1) is 25.6. The van der Waals surface area contributed by atoms with Gasteiger partial charge in [-0.05, 0) is 42.5 Å². The van der Waals surface area contributed by atoms with Gasteiger partial charge in [-0.15, -0.1) is 11.3 Å². The van der Waals surface area contributed by atoms with Crippen LogP contribution in [0.2, 0.25) is 10.0 Å². The van der Waals surface area contributed by atoms with E-state index in [0.717, 1.165) is 4.31 Å². The van der Waals surface area contributed by atoms with Gasteiger partial charge in [-0.1, -0.05) is 23.2 Å². The van der Waals surface area contributed by atoms with Crippen LogP contribution < -0.4 is 5.32 Å². The average Bonchev–Trinajstić information content (AvgIpc) is 3.27. The second-order valence-corrected chi connectivity index (χ2v) is 10.5. The molecule has 8 nitrogen and oxygen atoms in total. The number of carbonyl (C=O) groups excluding carboxylic acids is 1. The van der Waals surface area contributed by atoms with E-state index in [9.17, 15) is 13.2 Å². The molecule has 0 fully saturated rings. The van der Waals surface area contributed by atoms with E-state index in [0.29, 0.717) is 26.4 Å². The minimum atomic E-state index is -3.91. The molecule has 3 rings (SSSR count). The van der Waals surface area contributed by atoms with Gasteiger partial charge in [-0.25, -0.2) is 13.4 Å². The topological polar surface area (TPSA) is 127 Å². The Bertz CT molecular complexity index is 1360.